The Morgan fingerprint density at radius 2 is 1.44 bits per heavy atom. The summed E-state index contributed by atoms with van der Waals surface area (Å²) in [5, 5.41) is 24.9. The molecule has 96 valence electrons. The Balaban J connectivity index is 2.29. The molecule has 0 aromatic rings. The van der Waals surface area contributed by atoms with Gasteiger partial charge in [0.2, 0.25) is 0 Å². The molecule has 0 radical (unpaired) electrons. The molecule has 4 N–H and O–H groups in total. The van der Waals surface area contributed by atoms with Gasteiger partial charge in [0.05, 0.1) is 13.2 Å². The third kappa shape index (κ3) is 4.78. The average molecular weight is 230 g/mol. The minimum Gasteiger partial charge on any atom is -0.395 e. The molecule has 4 unspecified atom stereocenters. The lowest BCUT2D eigenvalue weighted by molar-refractivity contribution is 0.198. The van der Waals surface area contributed by atoms with Crippen LogP contribution in [0, 0.1) is 0 Å². The first kappa shape index (κ1) is 13.9. The Labute approximate surface area is 98.4 Å². The lowest BCUT2D eigenvalue weighted by Gasteiger charge is -2.33. The molecule has 4 heteroatoms. The summed E-state index contributed by atoms with van der Waals surface area (Å²) < 4.78 is 0. The van der Waals surface area contributed by atoms with E-state index in [0.717, 1.165) is 6.42 Å². The van der Waals surface area contributed by atoms with Gasteiger partial charge in [0.15, 0.2) is 0 Å². The molecule has 0 heterocycles. The zero-order chi connectivity index (χ0) is 12.0. The standard InChI is InChI=1S/C12H26N2O2/c1-9(7-15)13-11-4-3-5-12(6-11)14-10(2)8-16/h9-16H,3-8H2,1-2H3. The van der Waals surface area contributed by atoms with Gasteiger partial charge in [-0.3, -0.25) is 0 Å². The predicted octanol–water partition coefficient (Wildman–Crippen LogP) is 0.238. The predicted molar refractivity (Wildman–Crippen MR) is 65.4 cm³/mol. The van der Waals surface area contributed by atoms with Crippen molar-refractivity contribution in [3.8, 4) is 0 Å². The number of hydrogen-bond acceptors (Lipinski definition) is 4. The Morgan fingerprint density at radius 3 is 1.81 bits per heavy atom. The van der Waals surface area contributed by atoms with Crippen molar-refractivity contribution in [2.45, 2.75) is 63.7 Å². The smallest absolute Gasteiger partial charge is 0.0582 e. The van der Waals surface area contributed by atoms with Crippen LogP contribution in [-0.2, 0) is 0 Å². The Kier molecular flexibility index (Phi) is 6.28. The van der Waals surface area contributed by atoms with E-state index in [-0.39, 0.29) is 25.3 Å². The molecule has 0 amide bonds. The lowest BCUT2D eigenvalue weighted by atomic mass is 9.90. The molecule has 1 saturated carbocycles. The Hall–Kier alpha value is -0.160. The summed E-state index contributed by atoms with van der Waals surface area (Å²) in [6.45, 7) is 4.41. The van der Waals surface area contributed by atoms with Gasteiger partial charge in [0.25, 0.3) is 0 Å². The number of aliphatic hydroxyl groups is 2. The zero-order valence-electron chi connectivity index (χ0n) is 10.4. The van der Waals surface area contributed by atoms with E-state index >= 15 is 0 Å². The van der Waals surface area contributed by atoms with Gasteiger partial charge in [0.1, 0.15) is 0 Å². The fourth-order valence-electron chi connectivity index (χ4n) is 2.40. The molecule has 1 aliphatic carbocycles. The van der Waals surface area contributed by atoms with Gasteiger partial charge < -0.3 is 20.8 Å². The van der Waals surface area contributed by atoms with Crippen LogP contribution in [-0.4, -0.2) is 47.6 Å². The number of hydrogen-bond donors (Lipinski definition) is 4. The highest BCUT2D eigenvalue weighted by Crippen LogP contribution is 2.19. The van der Waals surface area contributed by atoms with Crippen LogP contribution < -0.4 is 10.6 Å². The molecule has 1 fully saturated rings. The van der Waals surface area contributed by atoms with E-state index < -0.39 is 0 Å². The topological polar surface area (TPSA) is 64.5 Å². The Bertz CT molecular complexity index is 172. The highest BCUT2D eigenvalue weighted by molar-refractivity contribution is 4.84. The highest BCUT2D eigenvalue weighted by Gasteiger charge is 2.23. The van der Waals surface area contributed by atoms with Crippen LogP contribution in [0.2, 0.25) is 0 Å². The first-order valence-electron chi connectivity index (χ1n) is 6.39. The molecule has 1 rings (SSSR count). The van der Waals surface area contributed by atoms with E-state index in [1.807, 2.05) is 13.8 Å². The summed E-state index contributed by atoms with van der Waals surface area (Å²) >= 11 is 0. The fourth-order valence-corrected chi connectivity index (χ4v) is 2.40. The van der Waals surface area contributed by atoms with E-state index in [4.69, 9.17) is 10.2 Å². The maximum Gasteiger partial charge on any atom is 0.0582 e. The molecule has 0 aromatic carbocycles. The maximum absolute atomic E-state index is 9.00. The molecule has 16 heavy (non-hydrogen) atoms. The lowest BCUT2D eigenvalue weighted by Crippen LogP contribution is -2.48. The van der Waals surface area contributed by atoms with Crippen LogP contribution in [0.1, 0.15) is 39.5 Å². The van der Waals surface area contributed by atoms with Crippen LogP contribution in [0.15, 0.2) is 0 Å². The van der Waals surface area contributed by atoms with Gasteiger partial charge in [-0.15, -0.1) is 0 Å². The molecule has 0 spiro atoms. The van der Waals surface area contributed by atoms with E-state index in [1.165, 1.54) is 19.3 Å². The molecule has 4 atom stereocenters. The minimum absolute atomic E-state index is 0.180. The van der Waals surface area contributed by atoms with E-state index in [0.29, 0.717) is 12.1 Å². The molecule has 0 aliphatic heterocycles. The number of nitrogens with one attached hydrogen (secondary N) is 2. The summed E-state index contributed by atoms with van der Waals surface area (Å²) in [4.78, 5) is 0. The maximum atomic E-state index is 9.00. The first-order valence-corrected chi connectivity index (χ1v) is 6.39. The molecule has 1 aliphatic rings. The average Bonchev–Trinajstić information content (AvgIpc) is 2.29. The van der Waals surface area contributed by atoms with E-state index in [9.17, 15) is 0 Å². The zero-order valence-corrected chi connectivity index (χ0v) is 10.4. The summed E-state index contributed by atoms with van der Waals surface area (Å²) in [5.74, 6) is 0. The molecule has 4 nitrogen and oxygen atoms in total. The monoisotopic (exact) mass is 230 g/mol. The van der Waals surface area contributed by atoms with Crippen molar-refractivity contribution in [3.63, 3.8) is 0 Å². The van der Waals surface area contributed by atoms with Crippen molar-refractivity contribution < 1.29 is 10.2 Å². The molecule has 0 aromatic heterocycles. The second-order valence-corrected chi connectivity index (χ2v) is 5.06. The number of rotatable bonds is 6. The second-order valence-electron chi connectivity index (χ2n) is 5.06. The molecular weight excluding hydrogens is 204 g/mol. The summed E-state index contributed by atoms with van der Waals surface area (Å²) in [7, 11) is 0. The van der Waals surface area contributed by atoms with E-state index in [2.05, 4.69) is 10.6 Å². The van der Waals surface area contributed by atoms with Gasteiger partial charge >= 0.3 is 0 Å². The summed E-state index contributed by atoms with van der Waals surface area (Å²) in [6, 6.07) is 1.36. The van der Waals surface area contributed by atoms with Crippen LogP contribution in [0.5, 0.6) is 0 Å². The van der Waals surface area contributed by atoms with Crippen LogP contribution in [0.25, 0.3) is 0 Å². The van der Waals surface area contributed by atoms with Crippen molar-refractivity contribution in [3.05, 3.63) is 0 Å². The normalized spacial score (nSPS) is 30.0. The molecular formula is C12H26N2O2. The molecule has 0 saturated heterocycles. The van der Waals surface area contributed by atoms with Gasteiger partial charge in [-0.2, -0.15) is 0 Å². The van der Waals surface area contributed by atoms with Crippen LogP contribution in [0.4, 0.5) is 0 Å². The first-order chi connectivity index (χ1) is 7.65. The third-order valence-electron chi connectivity index (χ3n) is 3.26. The quantitative estimate of drug-likeness (QED) is 0.528. The Morgan fingerprint density at radius 1 is 1.00 bits per heavy atom. The van der Waals surface area contributed by atoms with Crippen molar-refractivity contribution in [2.75, 3.05) is 13.2 Å². The number of aliphatic hydroxyl groups excluding tert-OH is 2. The summed E-state index contributed by atoms with van der Waals surface area (Å²) in [5.41, 5.74) is 0. The van der Waals surface area contributed by atoms with E-state index in [1.54, 1.807) is 0 Å². The summed E-state index contributed by atoms with van der Waals surface area (Å²) in [6.07, 6.45) is 4.69. The molecule has 0 bridgehead atoms. The SMILES string of the molecule is CC(CO)NC1CCCC(NC(C)CO)C1. The van der Waals surface area contributed by atoms with Crippen molar-refractivity contribution in [1.29, 1.82) is 0 Å². The highest BCUT2D eigenvalue weighted by atomic mass is 16.3. The van der Waals surface area contributed by atoms with Crippen LogP contribution >= 0.6 is 0 Å². The minimum atomic E-state index is 0.180. The third-order valence-corrected chi connectivity index (χ3v) is 3.26. The van der Waals surface area contributed by atoms with Crippen molar-refractivity contribution >= 4 is 0 Å². The van der Waals surface area contributed by atoms with Gasteiger partial charge in [0, 0.05) is 24.2 Å². The largest absolute Gasteiger partial charge is 0.395 e. The fraction of sp³-hybridized carbons (Fsp3) is 1.00. The van der Waals surface area contributed by atoms with Crippen LogP contribution in [0.3, 0.4) is 0 Å². The van der Waals surface area contributed by atoms with Crippen molar-refractivity contribution in [1.82, 2.24) is 10.6 Å². The second kappa shape index (κ2) is 7.22. The van der Waals surface area contributed by atoms with Crippen molar-refractivity contribution in [2.24, 2.45) is 0 Å². The van der Waals surface area contributed by atoms with Gasteiger partial charge in [-0.25, -0.2) is 0 Å². The van der Waals surface area contributed by atoms with Gasteiger partial charge in [-0.05, 0) is 33.1 Å². The van der Waals surface area contributed by atoms with Gasteiger partial charge in [-0.1, -0.05) is 6.42 Å².